The van der Waals surface area contributed by atoms with E-state index in [9.17, 15) is 9.50 Å². The van der Waals surface area contributed by atoms with Crippen molar-refractivity contribution >= 4 is 15.9 Å². The van der Waals surface area contributed by atoms with Crippen LogP contribution in [0.2, 0.25) is 0 Å². The second-order valence-corrected chi connectivity index (χ2v) is 5.25. The number of aliphatic hydroxyl groups is 1. The molecule has 0 aliphatic carbocycles. The topological polar surface area (TPSA) is 33.4 Å². The molecule has 1 unspecified atom stereocenters. The summed E-state index contributed by atoms with van der Waals surface area (Å²) in [5.41, 5.74) is 1.66. The van der Waals surface area contributed by atoms with E-state index in [1.807, 2.05) is 6.92 Å². The van der Waals surface area contributed by atoms with Gasteiger partial charge in [0.25, 0.3) is 0 Å². The molecule has 0 aliphatic heterocycles. The average Bonchev–Trinajstić information content (AvgIpc) is 2.70. The summed E-state index contributed by atoms with van der Waals surface area (Å²) in [5, 5.41) is 9.29. The second kappa shape index (κ2) is 5.24. The van der Waals surface area contributed by atoms with Crippen molar-refractivity contribution in [1.82, 2.24) is 0 Å². The molecule has 0 amide bonds. The molecule has 4 heteroatoms. The van der Waals surface area contributed by atoms with Crippen molar-refractivity contribution < 1.29 is 13.9 Å². The number of hydrogen-bond donors (Lipinski definition) is 1. The monoisotopic (exact) mass is 312 g/mol. The molecule has 2 nitrogen and oxygen atoms in total. The van der Waals surface area contributed by atoms with Gasteiger partial charge < -0.3 is 9.52 Å². The number of halogens is 2. The zero-order valence-corrected chi connectivity index (χ0v) is 11.8. The Kier molecular flexibility index (Phi) is 3.88. The first-order valence-electron chi connectivity index (χ1n) is 5.70. The lowest BCUT2D eigenvalue weighted by molar-refractivity contribution is 0.187. The lowest BCUT2D eigenvalue weighted by Crippen LogP contribution is -2.02. The molecule has 2 aromatic rings. The average molecular weight is 313 g/mol. The molecule has 2 rings (SSSR count). The van der Waals surface area contributed by atoms with Gasteiger partial charge in [0.15, 0.2) is 0 Å². The Balaban J connectivity index is 2.37. The highest BCUT2D eigenvalue weighted by Gasteiger charge is 2.12. The molecule has 1 heterocycles. The third kappa shape index (κ3) is 2.82. The minimum Gasteiger partial charge on any atom is -0.461 e. The van der Waals surface area contributed by atoms with Crippen molar-refractivity contribution in [3.8, 4) is 11.3 Å². The molecule has 0 aliphatic rings. The standard InChI is InChI=1S/C14H14BrFO2/c1-8-5-12(15)13(16)7-11(8)14-4-3-10(18-14)6-9(2)17/h3-5,7,9,17H,6H2,1-2H3. The minimum atomic E-state index is -0.452. The summed E-state index contributed by atoms with van der Waals surface area (Å²) in [6.45, 7) is 3.60. The van der Waals surface area contributed by atoms with Crippen LogP contribution in [0, 0.1) is 12.7 Å². The van der Waals surface area contributed by atoms with Crippen LogP contribution in [0.1, 0.15) is 18.2 Å². The van der Waals surface area contributed by atoms with Gasteiger partial charge in [0.05, 0.1) is 10.6 Å². The number of rotatable bonds is 3. The Morgan fingerprint density at radius 2 is 2.11 bits per heavy atom. The Labute approximate surface area is 114 Å². The van der Waals surface area contributed by atoms with Gasteiger partial charge in [-0.2, -0.15) is 0 Å². The lowest BCUT2D eigenvalue weighted by atomic mass is 10.1. The van der Waals surface area contributed by atoms with Gasteiger partial charge in [0, 0.05) is 12.0 Å². The van der Waals surface area contributed by atoms with Crippen molar-refractivity contribution in [3.05, 3.63) is 45.9 Å². The molecule has 1 aromatic heterocycles. The van der Waals surface area contributed by atoms with Gasteiger partial charge in [-0.25, -0.2) is 4.39 Å². The van der Waals surface area contributed by atoms with Crippen molar-refractivity contribution in [2.45, 2.75) is 26.4 Å². The molecule has 18 heavy (non-hydrogen) atoms. The van der Waals surface area contributed by atoms with Crippen LogP contribution >= 0.6 is 15.9 Å². The van der Waals surface area contributed by atoms with E-state index >= 15 is 0 Å². The SMILES string of the molecule is Cc1cc(Br)c(F)cc1-c1ccc(CC(C)O)o1. The van der Waals surface area contributed by atoms with Gasteiger partial charge >= 0.3 is 0 Å². The van der Waals surface area contributed by atoms with Crippen LogP contribution in [-0.4, -0.2) is 11.2 Å². The molecule has 0 bridgehead atoms. The molecule has 1 atom stereocenters. The van der Waals surface area contributed by atoms with E-state index in [1.165, 1.54) is 6.07 Å². The van der Waals surface area contributed by atoms with Crippen molar-refractivity contribution in [1.29, 1.82) is 0 Å². The zero-order valence-electron chi connectivity index (χ0n) is 10.2. The highest BCUT2D eigenvalue weighted by atomic mass is 79.9. The summed E-state index contributed by atoms with van der Waals surface area (Å²) in [6, 6.07) is 6.78. The first kappa shape index (κ1) is 13.3. The maximum atomic E-state index is 13.5. The molecule has 1 N–H and O–H groups in total. The lowest BCUT2D eigenvalue weighted by Gasteiger charge is -2.05. The van der Waals surface area contributed by atoms with Crippen LogP contribution in [0.4, 0.5) is 4.39 Å². The summed E-state index contributed by atoms with van der Waals surface area (Å²) in [4.78, 5) is 0. The van der Waals surface area contributed by atoms with Crippen LogP contribution in [0.3, 0.4) is 0 Å². The Hall–Kier alpha value is -1.13. The molecule has 0 saturated carbocycles. The van der Waals surface area contributed by atoms with E-state index < -0.39 is 6.10 Å². The van der Waals surface area contributed by atoms with E-state index in [0.717, 1.165) is 11.1 Å². The van der Waals surface area contributed by atoms with Crippen molar-refractivity contribution in [2.75, 3.05) is 0 Å². The van der Waals surface area contributed by atoms with Crippen molar-refractivity contribution in [2.24, 2.45) is 0 Å². The number of furan rings is 1. The third-order valence-electron chi connectivity index (χ3n) is 2.69. The van der Waals surface area contributed by atoms with Crippen LogP contribution in [0.5, 0.6) is 0 Å². The minimum absolute atomic E-state index is 0.316. The van der Waals surface area contributed by atoms with Gasteiger partial charge in [-0.15, -0.1) is 0 Å². The van der Waals surface area contributed by atoms with E-state index in [2.05, 4.69) is 15.9 Å². The first-order valence-corrected chi connectivity index (χ1v) is 6.49. The van der Waals surface area contributed by atoms with Crippen LogP contribution in [0.15, 0.2) is 33.2 Å². The molecule has 0 spiro atoms. The number of aryl methyl sites for hydroxylation is 1. The Morgan fingerprint density at radius 3 is 2.78 bits per heavy atom. The normalized spacial score (nSPS) is 12.7. The van der Waals surface area contributed by atoms with E-state index in [-0.39, 0.29) is 5.82 Å². The van der Waals surface area contributed by atoms with Gasteiger partial charge in [-0.05, 0) is 59.6 Å². The van der Waals surface area contributed by atoms with Gasteiger partial charge in [-0.1, -0.05) is 0 Å². The fourth-order valence-corrected chi connectivity index (χ4v) is 2.29. The summed E-state index contributed by atoms with van der Waals surface area (Å²) in [6.07, 6.45) is 0.00432. The predicted molar refractivity (Wildman–Crippen MR) is 71.9 cm³/mol. The largest absolute Gasteiger partial charge is 0.461 e. The summed E-state index contributed by atoms with van der Waals surface area (Å²) < 4.78 is 19.6. The molecular weight excluding hydrogens is 299 g/mol. The van der Waals surface area contributed by atoms with Gasteiger partial charge in [0.2, 0.25) is 0 Å². The second-order valence-electron chi connectivity index (χ2n) is 4.40. The number of aliphatic hydroxyl groups excluding tert-OH is 1. The molecule has 0 saturated heterocycles. The Morgan fingerprint density at radius 1 is 1.39 bits per heavy atom. The molecule has 0 fully saturated rings. The van der Waals surface area contributed by atoms with Crippen LogP contribution in [-0.2, 0) is 6.42 Å². The van der Waals surface area contributed by atoms with E-state index in [4.69, 9.17) is 4.42 Å². The predicted octanol–water partition coefficient (Wildman–Crippen LogP) is 4.08. The maximum Gasteiger partial charge on any atom is 0.138 e. The summed E-state index contributed by atoms with van der Waals surface area (Å²) in [5.74, 6) is 1.00. The molecule has 1 aromatic carbocycles. The first-order chi connectivity index (χ1) is 8.47. The molecular formula is C14H14BrFO2. The highest BCUT2D eigenvalue weighted by Crippen LogP contribution is 2.30. The van der Waals surface area contributed by atoms with Crippen LogP contribution < -0.4 is 0 Å². The van der Waals surface area contributed by atoms with E-state index in [1.54, 1.807) is 25.1 Å². The number of hydrogen-bond acceptors (Lipinski definition) is 2. The van der Waals surface area contributed by atoms with Gasteiger partial charge in [-0.3, -0.25) is 0 Å². The smallest absolute Gasteiger partial charge is 0.138 e. The summed E-state index contributed by atoms with van der Waals surface area (Å²) in [7, 11) is 0. The highest BCUT2D eigenvalue weighted by molar-refractivity contribution is 9.10. The van der Waals surface area contributed by atoms with Gasteiger partial charge in [0.1, 0.15) is 17.3 Å². The van der Waals surface area contributed by atoms with Crippen LogP contribution in [0.25, 0.3) is 11.3 Å². The molecule has 96 valence electrons. The summed E-state index contributed by atoms with van der Waals surface area (Å²) >= 11 is 3.15. The fraction of sp³-hybridized carbons (Fsp3) is 0.286. The maximum absolute atomic E-state index is 13.5. The molecule has 0 radical (unpaired) electrons. The van der Waals surface area contributed by atoms with Crippen molar-refractivity contribution in [3.63, 3.8) is 0 Å². The van der Waals surface area contributed by atoms with E-state index in [0.29, 0.717) is 22.4 Å². The third-order valence-corrected chi connectivity index (χ3v) is 3.30. The quantitative estimate of drug-likeness (QED) is 0.926. The fourth-order valence-electron chi connectivity index (χ4n) is 1.84. The Bertz CT molecular complexity index is 561. The zero-order chi connectivity index (χ0) is 13.3. The number of benzene rings is 1.